The fourth-order valence-electron chi connectivity index (χ4n) is 1.69. The van der Waals surface area contributed by atoms with Gasteiger partial charge in [-0.1, -0.05) is 20.3 Å². The molecule has 90 valence electrons. The molecular weight excluding hydrogens is 194 g/mol. The van der Waals surface area contributed by atoms with Gasteiger partial charge in [0.05, 0.1) is 12.6 Å². The summed E-state index contributed by atoms with van der Waals surface area (Å²) in [5.41, 5.74) is 2.18. The Kier molecular flexibility index (Phi) is 8.27. The number of hydrazine groups is 1. The van der Waals surface area contributed by atoms with Crippen molar-refractivity contribution in [3.63, 3.8) is 0 Å². The first kappa shape index (κ1) is 14.3. The van der Waals surface area contributed by atoms with Gasteiger partial charge in [0.15, 0.2) is 0 Å². The lowest BCUT2D eigenvalue weighted by Gasteiger charge is -2.29. The van der Waals surface area contributed by atoms with E-state index < -0.39 is 0 Å². The third kappa shape index (κ3) is 5.11. The van der Waals surface area contributed by atoms with Gasteiger partial charge in [0, 0.05) is 6.54 Å². The van der Waals surface area contributed by atoms with Gasteiger partial charge in [-0.25, -0.2) is 5.84 Å². The average molecular weight is 217 g/mol. The van der Waals surface area contributed by atoms with E-state index in [-0.39, 0.29) is 18.6 Å². The van der Waals surface area contributed by atoms with Crippen molar-refractivity contribution in [3.8, 4) is 0 Å². The average Bonchev–Trinajstić information content (AvgIpc) is 2.25. The number of nitrogens with two attached hydrogens (primary N) is 1. The zero-order valence-corrected chi connectivity index (χ0v) is 9.70. The lowest BCUT2D eigenvalue weighted by molar-refractivity contribution is -0.127. The molecule has 0 aromatic heterocycles. The number of carbonyl (C=O) groups excluding carboxylic acids is 1. The van der Waals surface area contributed by atoms with Crippen LogP contribution in [0, 0.1) is 0 Å². The molecule has 0 aromatic rings. The topological polar surface area (TPSA) is 78.6 Å². The molecule has 0 aliphatic heterocycles. The van der Waals surface area contributed by atoms with E-state index in [0.717, 1.165) is 25.8 Å². The summed E-state index contributed by atoms with van der Waals surface area (Å²) in [4.78, 5) is 13.5. The SMILES string of the molecule is CCCC(C(=O)NN)N(CCC)CCO. The molecule has 0 fully saturated rings. The second-order valence-electron chi connectivity index (χ2n) is 3.57. The van der Waals surface area contributed by atoms with Gasteiger partial charge in [-0.15, -0.1) is 0 Å². The van der Waals surface area contributed by atoms with Crippen molar-refractivity contribution in [3.05, 3.63) is 0 Å². The minimum atomic E-state index is -0.216. The molecule has 4 N–H and O–H groups in total. The Morgan fingerprint density at radius 3 is 2.47 bits per heavy atom. The summed E-state index contributed by atoms with van der Waals surface area (Å²) in [5.74, 6) is 4.98. The molecule has 15 heavy (non-hydrogen) atoms. The van der Waals surface area contributed by atoms with Gasteiger partial charge in [-0.05, 0) is 19.4 Å². The summed E-state index contributed by atoms with van der Waals surface area (Å²) in [7, 11) is 0. The van der Waals surface area contributed by atoms with E-state index >= 15 is 0 Å². The zero-order valence-electron chi connectivity index (χ0n) is 9.70. The van der Waals surface area contributed by atoms with E-state index in [0.29, 0.717) is 6.54 Å². The first-order valence-corrected chi connectivity index (χ1v) is 5.56. The van der Waals surface area contributed by atoms with Crippen LogP contribution in [-0.4, -0.2) is 41.7 Å². The molecule has 0 aliphatic rings. The van der Waals surface area contributed by atoms with Gasteiger partial charge < -0.3 is 5.11 Å². The molecule has 1 atom stereocenters. The molecular formula is C10H23N3O2. The van der Waals surface area contributed by atoms with Crippen molar-refractivity contribution in [2.45, 2.75) is 39.2 Å². The maximum Gasteiger partial charge on any atom is 0.251 e. The minimum Gasteiger partial charge on any atom is -0.395 e. The van der Waals surface area contributed by atoms with Gasteiger partial charge in [0.25, 0.3) is 5.91 Å². The van der Waals surface area contributed by atoms with E-state index in [1.165, 1.54) is 0 Å². The quantitative estimate of drug-likeness (QED) is 0.300. The van der Waals surface area contributed by atoms with E-state index in [1.807, 2.05) is 18.7 Å². The van der Waals surface area contributed by atoms with Crippen molar-refractivity contribution in [1.29, 1.82) is 0 Å². The second kappa shape index (κ2) is 8.64. The summed E-state index contributed by atoms with van der Waals surface area (Å²) in [6.07, 6.45) is 2.64. The molecule has 5 heteroatoms. The maximum absolute atomic E-state index is 11.5. The highest BCUT2D eigenvalue weighted by Gasteiger charge is 2.23. The zero-order chi connectivity index (χ0) is 11.7. The normalized spacial score (nSPS) is 12.9. The Hall–Kier alpha value is -0.650. The van der Waals surface area contributed by atoms with Crippen molar-refractivity contribution >= 4 is 5.91 Å². The van der Waals surface area contributed by atoms with Gasteiger partial charge >= 0.3 is 0 Å². The van der Waals surface area contributed by atoms with Crippen molar-refractivity contribution < 1.29 is 9.90 Å². The molecule has 0 aliphatic carbocycles. The summed E-state index contributed by atoms with van der Waals surface area (Å²) in [5, 5.41) is 8.93. The summed E-state index contributed by atoms with van der Waals surface area (Å²) in [6.45, 7) is 5.47. The van der Waals surface area contributed by atoms with Crippen LogP contribution >= 0.6 is 0 Å². The van der Waals surface area contributed by atoms with Crippen LogP contribution in [0.25, 0.3) is 0 Å². The molecule has 0 rings (SSSR count). The molecule has 0 heterocycles. The predicted molar refractivity (Wildman–Crippen MR) is 60.0 cm³/mol. The Balaban J connectivity index is 4.42. The summed E-state index contributed by atoms with van der Waals surface area (Å²) >= 11 is 0. The van der Waals surface area contributed by atoms with E-state index in [2.05, 4.69) is 5.43 Å². The number of nitrogens with zero attached hydrogens (tertiary/aromatic N) is 1. The van der Waals surface area contributed by atoms with Crippen LogP contribution in [0.4, 0.5) is 0 Å². The molecule has 1 amide bonds. The standard InChI is InChI=1S/C10H23N3O2/c1-3-5-9(10(15)12-11)13(6-4-2)7-8-14/h9,14H,3-8,11H2,1-2H3,(H,12,15). The Labute approximate surface area is 91.6 Å². The first-order valence-electron chi connectivity index (χ1n) is 5.56. The predicted octanol–water partition coefficient (Wildman–Crippen LogP) is -0.151. The monoisotopic (exact) mass is 217 g/mol. The highest BCUT2D eigenvalue weighted by Crippen LogP contribution is 2.07. The lowest BCUT2D eigenvalue weighted by atomic mass is 10.1. The number of carbonyl (C=O) groups is 1. The molecule has 5 nitrogen and oxygen atoms in total. The largest absolute Gasteiger partial charge is 0.395 e. The summed E-state index contributed by atoms with van der Waals surface area (Å²) < 4.78 is 0. The van der Waals surface area contributed by atoms with Gasteiger partial charge in [0.2, 0.25) is 0 Å². The van der Waals surface area contributed by atoms with Crippen molar-refractivity contribution in [1.82, 2.24) is 10.3 Å². The molecule has 0 radical (unpaired) electrons. The Bertz CT molecular complexity index is 170. The van der Waals surface area contributed by atoms with Crippen molar-refractivity contribution in [2.75, 3.05) is 19.7 Å². The lowest BCUT2D eigenvalue weighted by Crippen LogP contribution is -2.50. The Morgan fingerprint density at radius 1 is 1.40 bits per heavy atom. The van der Waals surface area contributed by atoms with Crippen LogP contribution in [0.5, 0.6) is 0 Å². The minimum absolute atomic E-state index is 0.0675. The van der Waals surface area contributed by atoms with Crippen LogP contribution in [0.3, 0.4) is 0 Å². The number of aliphatic hydroxyl groups excluding tert-OH is 1. The maximum atomic E-state index is 11.5. The molecule has 0 aromatic carbocycles. The number of hydrogen-bond acceptors (Lipinski definition) is 4. The third-order valence-electron chi connectivity index (χ3n) is 2.35. The van der Waals surface area contributed by atoms with Crippen LogP contribution < -0.4 is 11.3 Å². The fourth-order valence-corrected chi connectivity index (χ4v) is 1.69. The number of rotatable bonds is 8. The highest BCUT2D eigenvalue weighted by atomic mass is 16.3. The number of nitrogens with one attached hydrogen (secondary N) is 1. The van der Waals surface area contributed by atoms with Crippen LogP contribution in [0.1, 0.15) is 33.1 Å². The van der Waals surface area contributed by atoms with E-state index in [4.69, 9.17) is 10.9 Å². The molecule has 0 spiro atoms. The van der Waals surface area contributed by atoms with Gasteiger partial charge in [-0.2, -0.15) is 0 Å². The van der Waals surface area contributed by atoms with E-state index in [1.54, 1.807) is 0 Å². The van der Waals surface area contributed by atoms with Gasteiger partial charge in [0.1, 0.15) is 0 Å². The third-order valence-corrected chi connectivity index (χ3v) is 2.35. The summed E-state index contributed by atoms with van der Waals surface area (Å²) in [6, 6.07) is -0.216. The van der Waals surface area contributed by atoms with Gasteiger partial charge in [-0.3, -0.25) is 15.1 Å². The van der Waals surface area contributed by atoms with E-state index in [9.17, 15) is 4.79 Å². The molecule has 0 bridgehead atoms. The molecule has 0 saturated carbocycles. The van der Waals surface area contributed by atoms with Crippen molar-refractivity contribution in [2.24, 2.45) is 5.84 Å². The first-order chi connectivity index (χ1) is 7.21. The number of hydrogen-bond donors (Lipinski definition) is 3. The van der Waals surface area contributed by atoms with Crippen LogP contribution in [-0.2, 0) is 4.79 Å². The Morgan fingerprint density at radius 2 is 2.07 bits per heavy atom. The van der Waals surface area contributed by atoms with Crippen LogP contribution in [0.2, 0.25) is 0 Å². The smallest absolute Gasteiger partial charge is 0.251 e. The van der Waals surface area contributed by atoms with Crippen LogP contribution in [0.15, 0.2) is 0 Å². The molecule has 0 saturated heterocycles. The number of aliphatic hydroxyl groups is 1. The second-order valence-corrected chi connectivity index (χ2v) is 3.57. The fraction of sp³-hybridized carbons (Fsp3) is 0.900. The highest BCUT2D eigenvalue weighted by molar-refractivity contribution is 5.81. The number of amides is 1. The molecule has 1 unspecified atom stereocenters.